The van der Waals surface area contributed by atoms with E-state index < -0.39 is 0 Å². The summed E-state index contributed by atoms with van der Waals surface area (Å²) in [6.45, 7) is 0. The molecule has 0 aliphatic heterocycles. The Morgan fingerprint density at radius 3 is 2.23 bits per heavy atom. The van der Waals surface area contributed by atoms with Crippen LogP contribution in [0.1, 0.15) is 0 Å². The van der Waals surface area contributed by atoms with Gasteiger partial charge in [0, 0.05) is 33.6 Å². The monoisotopic (exact) mass is 415 g/mol. The number of benzene rings is 3. The summed E-state index contributed by atoms with van der Waals surface area (Å²) >= 11 is 6.12. The second kappa shape index (κ2) is 7.35. The van der Waals surface area contributed by atoms with E-state index in [9.17, 15) is 0 Å². The minimum absolute atomic E-state index is 0.637. The summed E-state index contributed by atoms with van der Waals surface area (Å²) in [5.74, 6) is 1.28. The van der Waals surface area contributed by atoms with Crippen LogP contribution < -0.4 is 9.47 Å². The van der Waals surface area contributed by atoms with E-state index in [-0.39, 0.29) is 0 Å². The average molecular weight is 416 g/mol. The van der Waals surface area contributed by atoms with Crippen LogP contribution in [0.25, 0.3) is 38.8 Å². The first-order chi connectivity index (χ1) is 14.7. The highest BCUT2D eigenvalue weighted by atomic mass is 35.5. The highest BCUT2D eigenvalue weighted by Gasteiger charge is 2.19. The molecule has 30 heavy (non-hydrogen) atoms. The van der Waals surface area contributed by atoms with E-state index in [1.54, 1.807) is 14.2 Å². The standard InChI is InChI=1S/C24H18ClN3O2/c1-29-21-12-18-20(13-22(21)30-2)26-14-19-23(15-6-4-3-5-7-15)27-28(24(18)19)17-10-8-16(25)9-11-17/h3-14H,1-2H3. The molecule has 0 saturated carbocycles. The second-order valence-electron chi connectivity index (χ2n) is 6.85. The maximum absolute atomic E-state index is 6.12. The van der Waals surface area contributed by atoms with E-state index in [0.717, 1.165) is 38.8 Å². The molecular weight excluding hydrogens is 398 g/mol. The number of rotatable bonds is 4. The molecule has 5 rings (SSSR count). The van der Waals surface area contributed by atoms with Crippen molar-refractivity contribution in [2.45, 2.75) is 0 Å². The molecule has 0 N–H and O–H groups in total. The third kappa shape index (κ3) is 2.95. The van der Waals surface area contributed by atoms with Gasteiger partial charge in [-0.15, -0.1) is 0 Å². The van der Waals surface area contributed by atoms with Gasteiger partial charge in [0.15, 0.2) is 11.5 Å². The van der Waals surface area contributed by atoms with E-state index in [4.69, 9.17) is 31.2 Å². The van der Waals surface area contributed by atoms with Gasteiger partial charge in [-0.25, -0.2) is 4.68 Å². The first-order valence-electron chi connectivity index (χ1n) is 9.44. The van der Waals surface area contributed by atoms with Crippen molar-refractivity contribution >= 4 is 33.4 Å². The van der Waals surface area contributed by atoms with Crippen molar-refractivity contribution in [1.82, 2.24) is 14.8 Å². The molecule has 6 heteroatoms. The molecule has 0 atom stereocenters. The Balaban J connectivity index is 1.90. The molecule has 148 valence electrons. The van der Waals surface area contributed by atoms with Crippen LogP contribution in [0.5, 0.6) is 11.5 Å². The first kappa shape index (κ1) is 18.5. The van der Waals surface area contributed by atoms with Crippen LogP contribution in [0.2, 0.25) is 5.02 Å². The maximum atomic E-state index is 6.12. The molecule has 2 aromatic heterocycles. The Morgan fingerprint density at radius 1 is 0.833 bits per heavy atom. The lowest BCUT2D eigenvalue weighted by Gasteiger charge is -2.11. The van der Waals surface area contributed by atoms with Crippen LogP contribution in [-0.2, 0) is 0 Å². The zero-order valence-electron chi connectivity index (χ0n) is 16.5. The average Bonchev–Trinajstić information content (AvgIpc) is 3.19. The van der Waals surface area contributed by atoms with Gasteiger partial charge in [-0.2, -0.15) is 5.10 Å². The van der Waals surface area contributed by atoms with Gasteiger partial charge >= 0.3 is 0 Å². The van der Waals surface area contributed by atoms with Crippen LogP contribution in [0.15, 0.2) is 72.9 Å². The second-order valence-corrected chi connectivity index (χ2v) is 7.28. The third-order valence-electron chi connectivity index (χ3n) is 5.13. The molecule has 0 radical (unpaired) electrons. The highest BCUT2D eigenvalue weighted by Crippen LogP contribution is 2.38. The number of hydrogen-bond donors (Lipinski definition) is 0. The Bertz CT molecular complexity index is 1360. The molecule has 0 aliphatic rings. The van der Waals surface area contributed by atoms with E-state index >= 15 is 0 Å². The summed E-state index contributed by atoms with van der Waals surface area (Å²) in [4.78, 5) is 4.69. The Kier molecular flexibility index (Phi) is 4.52. The predicted molar refractivity (Wildman–Crippen MR) is 120 cm³/mol. The van der Waals surface area contributed by atoms with Gasteiger partial charge in [0.2, 0.25) is 0 Å². The Morgan fingerprint density at radius 2 is 1.53 bits per heavy atom. The third-order valence-corrected chi connectivity index (χ3v) is 5.38. The number of ether oxygens (including phenoxy) is 2. The number of nitrogens with zero attached hydrogens (tertiary/aromatic N) is 3. The number of methoxy groups -OCH3 is 2. The van der Waals surface area contributed by atoms with Crippen molar-refractivity contribution in [3.63, 3.8) is 0 Å². The molecule has 0 amide bonds. The quantitative estimate of drug-likeness (QED) is 0.366. The van der Waals surface area contributed by atoms with Gasteiger partial charge < -0.3 is 9.47 Å². The van der Waals surface area contributed by atoms with Crippen molar-refractivity contribution in [3.05, 3.63) is 77.9 Å². The van der Waals surface area contributed by atoms with E-state index in [1.807, 2.05) is 77.6 Å². The molecule has 0 bridgehead atoms. The normalized spacial score (nSPS) is 11.2. The lowest BCUT2D eigenvalue weighted by molar-refractivity contribution is 0.356. The smallest absolute Gasteiger partial charge is 0.162 e. The van der Waals surface area contributed by atoms with Gasteiger partial charge in [-0.05, 0) is 30.3 Å². The van der Waals surface area contributed by atoms with Gasteiger partial charge in [-0.1, -0.05) is 41.9 Å². The molecular formula is C24H18ClN3O2. The van der Waals surface area contributed by atoms with Gasteiger partial charge in [-0.3, -0.25) is 4.98 Å². The number of halogens is 1. The SMILES string of the molecule is COc1cc2ncc3c(-c4ccccc4)nn(-c4ccc(Cl)cc4)c3c2cc1OC. The zero-order valence-corrected chi connectivity index (χ0v) is 17.2. The van der Waals surface area contributed by atoms with Crippen molar-refractivity contribution in [2.75, 3.05) is 14.2 Å². The van der Waals surface area contributed by atoms with Crippen LogP contribution in [0, 0.1) is 0 Å². The molecule has 3 aromatic carbocycles. The van der Waals surface area contributed by atoms with Crippen molar-refractivity contribution in [1.29, 1.82) is 0 Å². The molecule has 0 unspecified atom stereocenters. The summed E-state index contributed by atoms with van der Waals surface area (Å²) in [6.07, 6.45) is 1.87. The van der Waals surface area contributed by atoms with E-state index in [0.29, 0.717) is 16.5 Å². The summed E-state index contributed by atoms with van der Waals surface area (Å²) in [5.41, 5.74) is 4.55. The molecule has 2 heterocycles. The van der Waals surface area contributed by atoms with Crippen molar-refractivity contribution in [3.8, 4) is 28.4 Å². The Labute approximate surface area is 178 Å². The summed E-state index contributed by atoms with van der Waals surface area (Å²) < 4.78 is 12.9. The van der Waals surface area contributed by atoms with Crippen molar-refractivity contribution in [2.24, 2.45) is 0 Å². The summed E-state index contributed by atoms with van der Waals surface area (Å²) in [5, 5.41) is 7.53. The first-order valence-corrected chi connectivity index (χ1v) is 9.82. The Hall–Kier alpha value is -3.57. The van der Waals surface area contributed by atoms with Gasteiger partial charge in [0.25, 0.3) is 0 Å². The summed E-state index contributed by atoms with van der Waals surface area (Å²) in [7, 11) is 3.25. The van der Waals surface area contributed by atoms with Gasteiger partial charge in [0.05, 0.1) is 30.9 Å². The van der Waals surface area contributed by atoms with Crippen LogP contribution >= 0.6 is 11.6 Å². The fourth-order valence-corrected chi connectivity index (χ4v) is 3.81. The largest absolute Gasteiger partial charge is 0.493 e. The number of pyridine rings is 1. The van der Waals surface area contributed by atoms with E-state index in [2.05, 4.69) is 0 Å². The van der Waals surface area contributed by atoms with Gasteiger partial charge in [0.1, 0.15) is 5.69 Å². The fraction of sp³-hybridized carbons (Fsp3) is 0.0833. The van der Waals surface area contributed by atoms with E-state index in [1.165, 1.54) is 0 Å². The lowest BCUT2D eigenvalue weighted by atomic mass is 10.1. The lowest BCUT2D eigenvalue weighted by Crippen LogP contribution is -1.98. The number of fused-ring (bicyclic) bond motifs is 3. The fourth-order valence-electron chi connectivity index (χ4n) is 3.69. The maximum Gasteiger partial charge on any atom is 0.162 e. The van der Waals surface area contributed by atoms with Crippen LogP contribution in [0.3, 0.4) is 0 Å². The summed E-state index contributed by atoms with van der Waals surface area (Å²) in [6, 6.07) is 21.6. The minimum atomic E-state index is 0.637. The molecule has 5 nitrogen and oxygen atoms in total. The molecule has 0 saturated heterocycles. The predicted octanol–water partition coefficient (Wildman–Crippen LogP) is 5.91. The van der Waals surface area contributed by atoms with Crippen LogP contribution in [0.4, 0.5) is 0 Å². The van der Waals surface area contributed by atoms with Crippen molar-refractivity contribution < 1.29 is 9.47 Å². The highest BCUT2D eigenvalue weighted by molar-refractivity contribution is 6.30. The van der Waals surface area contributed by atoms with Crippen LogP contribution in [-0.4, -0.2) is 29.0 Å². The molecule has 0 spiro atoms. The number of aromatic nitrogens is 3. The zero-order chi connectivity index (χ0) is 20.7. The molecule has 0 fully saturated rings. The molecule has 0 aliphatic carbocycles. The topological polar surface area (TPSA) is 49.2 Å². The number of hydrogen-bond acceptors (Lipinski definition) is 4. The molecule has 5 aromatic rings. The minimum Gasteiger partial charge on any atom is -0.493 e.